The lowest BCUT2D eigenvalue weighted by Crippen LogP contribution is -2.55. The summed E-state index contributed by atoms with van der Waals surface area (Å²) in [6.45, 7) is 10.1. The van der Waals surface area contributed by atoms with Crippen LogP contribution in [-0.4, -0.2) is 124 Å². The maximum atomic E-state index is 14.1. The second kappa shape index (κ2) is 20.5. The molecule has 0 saturated carbocycles. The first-order chi connectivity index (χ1) is 34.3. The molecule has 6 aromatic rings. The number of aromatic nitrogens is 8. The van der Waals surface area contributed by atoms with Crippen molar-refractivity contribution in [1.29, 1.82) is 5.41 Å². The maximum absolute atomic E-state index is 14.1. The molecule has 24 heteroatoms. The SMILES string of the molecule is CCn1nc(C)cc1C(=O)Nc1nc2cc(C(N)=O)cc3c2n1C/C=C/Cn1c(NC(=O)c2cc(C)nn2CC)nc2cc(C(=O)NCCCC(=N)N=NN)cc(c21)OCC(N1C2CCC1COC2)CO3. The quantitative estimate of drug-likeness (QED) is 0.0181. The highest BCUT2D eigenvalue weighted by molar-refractivity contribution is 6.05. The number of imidazole rings is 2. The molecule has 4 aromatic heterocycles. The summed E-state index contributed by atoms with van der Waals surface area (Å²) < 4.78 is 26.5. The van der Waals surface area contributed by atoms with Gasteiger partial charge in [-0.1, -0.05) is 17.4 Å². The molecule has 0 aliphatic carbocycles. The van der Waals surface area contributed by atoms with E-state index in [4.69, 9.17) is 41.2 Å². The molecule has 2 aromatic carbocycles. The summed E-state index contributed by atoms with van der Waals surface area (Å²) in [7, 11) is 0. The van der Waals surface area contributed by atoms with E-state index in [0.29, 0.717) is 89.1 Å². The van der Waals surface area contributed by atoms with Crippen LogP contribution in [0, 0.1) is 19.3 Å². The van der Waals surface area contributed by atoms with E-state index < -0.39 is 29.7 Å². The van der Waals surface area contributed by atoms with E-state index in [0.717, 1.165) is 12.8 Å². The van der Waals surface area contributed by atoms with Gasteiger partial charge in [0.25, 0.3) is 17.7 Å². The summed E-state index contributed by atoms with van der Waals surface area (Å²) in [5.74, 6) is 4.14. The highest BCUT2D eigenvalue weighted by atomic mass is 16.5. The van der Waals surface area contributed by atoms with Gasteiger partial charge in [-0.3, -0.25) is 49.5 Å². The minimum Gasteiger partial charge on any atom is -0.490 e. The molecule has 0 spiro atoms. The number of carbonyl (C=O) groups is 4. The number of anilines is 2. The fourth-order valence-corrected chi connectivity index (χ4v) is 9.66. The number of primary amides is 1. The van der Waals surface area contributed by atoms with Crippen molar-refractivity contribution in [2.45, 2.75) is 97.7 Å². The van der Waals surface area contributed by atoms with E-state index in [2.05, 4.69) is 41.4 Å². The van der Waals surface area contributed by atoms with Crippen molar-refractivity contribution in [3.05, 3.63) is 82.5 Å². The van der Waals surface area contributed by atoms with Crippen LogP contribution in [0.4, 0.5) is 11.9 Å². The Hall–Kier alpha value is -7.99. The number of ether oxygens (including phenoxy) is 3. The highest BCUT2D eigenvalue weighted by Crippen LogP contribution is 2.36. The number of allylic oxidation sites excluding steroid dienone is 2. The summed E-state index contributed by atoms with van der Waals surface area (Å²) in [5.41, 5.74) is 10.1. The predicted octanol–water partition coefficient (Wildman–Crippen LogP) is 4.11. The summed E-state index contributed by atoms with van der Waals surface area (Å²) in [6.07, 6.45) is 6.22. The molecule has 372 valence electrons. The van der Waals surface area contributed by atoms with Crippen molar-refractivity contribution >= 4 is 63.4 Å². The summed E-state index contributed by atoms with van der Waals surface area (Å²) in [6, 6.07) is 9.61. The van der Waals surface area contributed by atoms with Crippen molar-refractivity contribution < 1.29 is 33.4 Å². The van der Waals surface area contributed by atoms with E-state index in [-0.39, 0.29) is 80.2 Å². The van der Waals surface area contributed by atoms with E-state index >= 15 is 0 Å². The lowest BCUT2D eigenvalue weighted by molar-refractivity contribution is -0.0534. The Bertz CT molecular complexity index is 3090. The lowest BCUT2D eigenvalue weighted by Gasteiger charge is -2.40. The van der Waals surface area contributed by atoms with Gasteiger partial charge in [-0.15, -0.1) is 5.11 Å². The van der Waals surface area contributed by atoms with Gasteiger partial charge in [0.05, 0.1) is 41.7 Å². The second-order valence-electron chi connectivity index (χ2n) is 17.7. The van der Waals surface area contributed by atoms with Crippen molar-refractivity contribution in [3.8, 4) is 11.5 Å². The molecule has 9 rings (SSSR count). The number of morpholine rings is 1. The molecule has 8 N–H and O–H groups in total. The zero-order chi connectivity index (χ0) is 49.9. The summed E-state index contributed by atoms with van der Waals surface area (Å²) in [4.78, 5) is 67.0. The molecule has 24 nitrogen and oxygen atoms in total. The number of nitrogens with one attached hydrogen (secondary N) is 4. The first kappa shape index (κ1) is 48.1. The Morgan fingerprint density at radius 1 is 0.732 bits per heavy atom. The van der Waals surface area contributed by atoms with E-state index in [1.807, 2.05) is 44.4 Å². The van der Waals surface area contributed by atoms with Gasteiger partial charge in [-0.2, -0.15) is 10.2 Å². The van der Waals surface area contributed by atoms with E-state index in [1.54, 1.807) is 50.3 Å². The molecule has 4 amide bonds. The van der Waals surface area contributed by atoms with Gasteiger partial charge in [0.15, 0.2) is 0 Å². The second-order valence-corrected chi connectivity index (χ2v) is 17.7. The molecule has 2 bridgehead atoms. The topological polar surface area (TPSA) is 307 Å². The first-order valence-electron chi connectivity index (χ1n) is 23.7. The van der Waals surface area contributed by atoms with E-state index in [1.165, 1.54) is 0 Å². The van der Waals surface area contributed by atoms with Crippen LogP contribution in [0.3, 0.4) is 0 Å². The number of nitrogens with zero attached hydrogens (tertiary/aromatic N) is 11. The van der Waals surface area contributed by atoms with Crippen LogP contribution >= 0.6 is 0 Å². The summed E-state index contributed by atoms with van der Waals surface area (Å²) in [5, 5.41) is 32.4. The number of amides is 4. The molecule has 2 saturated heterocycles. The normalized spacial score (nSPS) is 18.7. The largest absolute Gasteiger partial charge is 0.490 e. The maximum Gasteiger partial charge on any atom is 0.276 e. The van der Waals surface area contributed by atoms with Crippen LogP contribution in [-0.2, 0) is 30.9 Å². The molecule has 3 unspecified atom stereocenters. The lowest BCUT2D eigenvalue weighted by atomic mass is 10.1. The predicted molar refractivity (Wildman–Crippen MR) is 261 cm³/mol. The molecule has 7 heterocycles. The molecule has 3 atom stereocenters. The number of carbonyl (C=O) groups excluding carboxylic acids is 4. The minimum absolute atomic E-state index is 0.0125. The van der Waals surface area contributed by atoms with E-state index in [9.17, 15) is 19.2 Å². The van der Waals surface area contributed by atoms with Crippen molar-refractivity contribution in [2.75, 3.05) is 43.6 Å². The van der Waals surface area contributed by atoms with Gasteiger partial charge < -0.3 is 40.2 Å². The third kappa shape index (κ3) is 9.92. The van der Waals surface area contributed by atoms with Gasteiger partial charge in [0.1, 0.15) is 53.0 Å². The Kier molecular flexibility index (Phi) is 13.9. The van der Waals surface area contributed by atoms with Crippen LogP contribution in [0.2, 0.25) is 0 Å². The van der Waals surface area contributed by atoms with Crippen LogP contribution in [0.25, 0.3) is 22.1 Å². The monoisotopic (exact) mass is 971 g/mol. The molecule has 2 fully saturated rings. The Labute approximate surface area is 407 Å². The van der Waals surface area contributed by atoms with Crippen molar-refractivity contribution in [2.24, 2.45) is 21.9 Å². The average Bonchev–Trinajstić information content (AvgIpc) is 4.16. The fraction of sp³-hybridized carbons (Fsp3) is 0.426. The van der Waals surface area contributed by atoms with Gasteiger partial charge in [0.2, 0.25) is 17.8 Å². The molecule has 3 aliphatic rings. The average molecular weight is 972 g/mol. The number of amidine groups is 1. The molecule has 0 radical (unpaired) electrons. The first-order valence-corrected chi connectivity index (χ1v) is 23.7. The van der Waals surface area contributed by atoms with Crippen LogP contribution in [0.1, 0.15) is 92.6 Å². The number of nitrogens with two attached hydrogens (primary N) is 2. The Morgan fingerprint density at radius 3 is 1.76 bits per heavy atom. The van der Waals surface area contributed by atoms with Gasteiger partial charge in [-0.25, -0.2) is 9.97 Å². The number of aryl methyl sites for hydroxylation is 4. The Balaban J connectivity index is 1.17. The molecular formula is C47H57N17O7. The van der Waals surface area contributed by atoms with Crippen LogP contribution in [0.15, 0.2) is 58.9 Å². The summed E-state index contributed by atoms with van der Waals surface area (Å²) >= 11 is 0. The van der Waals surface area contributed by atoms with Crippen molar-refractivity contribution in [3.63, 3.8) is 0 Å². The number of benzene rings is 2. The van der Waals surface area contributed by atoms with Gasteiger partial charge in [0, 0.05) is 62.4 Å². The van der Waals surface area contributed by atoms with Gasteiger partial charge >= 0.3 is 0 Å². The number of fused-ring (bicyclic) bond motifs is 2. The third-order valence-electron chi connectivity index (χ3n) is 12.9. The number of hydrogen-bond acceptors (Lipinski definition) is 14. The van der Waals surface area contributed by atoms with Gasteiger partial charge in [-0.05, 0) is 83.4 Å². The number of rotatable bonds is 13. The van der Waals surface area contributed by atoms with Crippen molar-refractivity contribution in [1.82, 2.24) is 48.9 Å². The highest BCUT2D eigenvalue weighted by Gasteiger charge is 2.42. The zero-order valence-electron chi connectivity index (χ0n) is 40.0. The fourth-order valence-electron chi connectivity index (χ4n) is 9.66. The minimum atomic E-state index is -0.686. The Morgan fingerprint density at radius 2 is 1.25 bits per heavy atom. The molecular weight excluding hydrogens is 915 g/mol. The third-order valence-corrected chi connectivity index (χ3v) is 12.9. The standard InChI is InChI=1S/C47H57N17O7/c1-5-62-35(16-26(3)57-62)44(67)54-46-52-33-18-28(42(49)65)20-37-40(33)60(46)14-7-8-15-61-41-34(53-47(61)55-45(68)36-17-27(4)58-63(36)6-2)19-29(43(66)51-13-9-10-39(48)56-59-50)21-38(41)71-25-32(24-70-37)64-30-11-12-31(64)23-69-22-30/h7-8,16-21,30-32H,5-6,9-15,22-25H2,1-4H3,(H2,49,65)(H,51,66)(H3,48,50,56)(H,52,54,67)(H,53,55,68)/b8-7+. The zero-order valence-corrected chi connectivity index (χ0v) is 40.0. The van der Waals surface area contributed by atoms with Crippen LogP contribution in [0.5, 0.6) is 11.5 Å². The number of hydrogen-bond donors (Lipinski definition) is 6. The molecule has 3 aliphatic heterocycles. The molecule has 71 heavy (non-hydrogen) atoms. The smallest absolute Gasteiger partial charge is 0.276 e. The van der Waals surface area contributed by atoms with Crippen LogP contribution < -0.4 is 37.0 Å².